The van der Waals surface area contributed by atoms with Gasteiger partial charge in [-0.3, -0.25) is 9.79 Å². The van der Waals surface area contributed by atoms with Crippen LogP contribution in [0.1, 0.15) is 68.7 Å². The summed E-state index contributed by atoms with van der Waals surface area (Å²) in [5.74, 6) is 2.87. The number of benzene rings is 4. The second-order valence-electron chi connectivity index (χ2n) is 14.5. The summed E-state index contributed by atoms with van der Waals surface area (Å²) in [5.41, 5.74) is 11.6. The first-order valence-electron chi connectivity index (χ1n) is 19.9. The molecule has 0 atom stereocenters. The number of carboxylic acids is 1. The average molecular weight is 916 g/mol. The highest BCUT2D eigenvalue weighted by Gasteiger charge is 2.38. The third kappa shape index (κ3) is 11.5. The molecule has 4 aromatic carbocycles. The average Bonchev–Trinajstić information content (AvgIpc) is 3.44. The van der Waals surface area contributed by atoms with Crippen molar-refractivity contribution in [2.75, 3.05) is 38.5 Å². The minimum atomic E-state index is -5.08. The summed E-state index contributed by atoms with van der Waals surface area (Å²) in [7, 11) is 4.34. The fourth-order valence-electron chi connectivity index (χ4n) is 7.24. The molecule has 1 aliphatic carbocycles. The zero-order valence-electron chi connectivity index (χ0n) is 35.1. The largest absolute Gasteiger partial charge is 0.496 e. The number of halogens is 5. The number of esters is 1. The van der Waals surface area contributed by atoms with E-state index in [9.17, 15) is 22.8 Å². The Morgan fingerprint density at radius 3 is 2.26 bits per heavy atom. The number of hydrogen-bond donors (Lipinski definition) is 5. The predicted molar refractivity (Wildman–Crippen MR) is 236 cm³/mol. The maximum absolute atomic E-state index is 15.3. The third-order valence-corrected chi connectivity index (χ3v) is 10.6. The summed E-state index contributed by atoms with van der Waals surface area (Å²) in [6.07, 6.45) is -0.186. The van der Waals surface area contributed by atoms with Crippen LogP contribution in [0.2, 0.25) is 5.02 Å². The van der Waals surface area contributed by atoms with Crippen LogP contribution in [0, 0.1) is 17.7 Å². The lowest BCUT2D eigenvalue weighted by Gasteiger charge is -2.30. The molecule has 19 heteroatoms. The fourth-order valence-corrected chi connectivity index (χ4v) is 7.41. The molecule has 5 aromatic rings. The molecule has 1 aromatic heterocycles. The van der Waals surface area contributed by atoms with Gasteiger partial charge in [0.2, 0.25) is 5.95 Å². The van der Waals surface area contributed by atoms with Crippen molar-refractivity contribution in [2.24, 2.45) is 10.7 Å². The number of methoxy groups -OCH3 is 3. The van der Waals surface area contributed by atoms with E-state index in [-0.39, 0.29) is 36.6 Å². The molecular formula is C46H42ClF4N7O7. The molecule has 0 bridgehead atoms. The smallest absolute Gasteiger partial charge is 0.490 e. The Morgan fingerprint density at radius 2 is 1.58 bits per heavy atom. The molecule has 1 saturated carbocycles. The Hall–Kier alpha value is -7.23. The van der Waals surface area contributed by atoms with E-state index in [1.807, 2.05) is 18.2 Å². The van der Waals surface area contributed by atoms with Gasteiger partial charge in [0.15, 0.2) is 0 Å². The number of carboxylic acid groups (broad SMARTS) is 1. The molecule has 6 N–H and O–H groups in total. The van der Waals surface area contributed by atoms with E-state index < -0.39 is 23.9 Å². The van der Waals surface area contributed by atoms with Crippen LogP contribution in [0.5, 0.6) is 11.5 Å². The number of nitrogens with two attached hydrogens (primary N) is 1. The van der Waals surface area contributed by atoms with Gasteiger partial charge in [-0.25, -0.2) is 23.9 Å². The van der Waals surface area contributed by atoms with Gasteiger partial charge in [-0.1, -0.05) is 35.6 Å². The zero-order valence-corrected chi connectivity index (χ0v) is 35.9. The highest BCUT2D eigenvalue weighted by Crippen LogP contribution is 2.37. The molecule has 338 valence electrons. The minimum absolute atomic E-state index is 0.0181. The molecule has 7 rings (SSSR count). The normalized spacial score (nSPS) is 15.1. The molecule has 14 nitrogen and oxygen atoms in total. The number of ether oxygens (including phenoxy) is 3. The van der Waals surface area contributed by atoms with Crippen molar-refractivity contribution in [1.29, 1.82) is 0 Å². The van der Waals surface area contributed by atoms with E-state index in [0.29, 0.717) is 67.4 Å². The molecule has 0 unspecified atom stereocenters. The van der Waals surface area contributed by atoms with Crippen LogP contribution in [0.3, 0.4) is 0 Å². The standard InChI is InChI=1S/C44H41ClFN7O5.C2HF3O2/c1-56-37-8-4-7-36(46)39(37)41-35-21-27(45)9-16-33(35)40-26(23-48-41)24-49-44(53-40)52-31-15-18-34(38(22-31)57-2)42(54)51-29-12-10-28(11-13-29)50-30-14-17-32(43(55)58-3)25(20-30)6-5-19-47;3-2(4,5)1(6)7/h4,7-9,14-18,20-22,24,28-29,50H,10-13,19,23,47H2,1-3H3,(H,51,54)(H,49,52,53);(H,6,7). The Bertz CT molecular complexity index is 2700. The van der Waals surface area contributed by atoms with Crippen LogP contribution >= 0.6 is 11.6 Å². The maximum atomic E-state index is 15.3. The molecule has 1 aliphatic heterocycles. The first-order valence-corrected chi connectivity index (χ1v) is 20.3. The number of carbonyl (C=O) groups excluding carboxylic acids is 2. The van der Waals surface area contributed by atoms with Gasteiger partial charge in [-0.15, -0.1) is 0 Å². The molecule has 2 aliphatic rings. The quantitative estimate of drug-likeness (QED) is 0.0516. The summed E-state index contributed by atoms with van der Waals surface area (Å²) in [6.45, 7) is 0.371. The Labute approximate surface area is 375 Å². The highest BCUT2D eigenvalue weighted by molar-refractivity contribution is 6.31. The van der Waals surface area contributed by atoms with E-state index >= 15 is 4.39 Å². The first-order chi connectivity index (χ1) is 31.1. The number of aromatic nitrogens is 2. The molecular weight excluding hydrogens is 874 g/mol. The minimum Gasteiger partial charge on any atom is -0.496 e. The summed E-state index contributed by atoms with van der Waals surface area (Å²) >= 11 is 6.46. The number of alkyl halides is 3. The van der Waals surface area contributed by atoms with Crippen molar-refractivity contribution in [3.63, 3.8) is 0 Å². The second-order valence-corrected chi connectivity index (χ2v) is 14.9. The Kier molecular flexibility index (Phi) is 15.2. The summed E-state index contributed by atoms with van der Waals surface area (Å²) in [6, 6.07) is 20.7. The number of fused-ring (bicyclic) bond motifs is 3. The van der Waals surface area contributed by atoms with Crippen molar-refractivity contribution in [3.8, 4) is 34.6 Å². The van der Waals surface area contributed by atoms with E-state index in [0.717, 1.165) is 36.9 Å². The van der Waals surface area contributed by atoms with Crippen molar-refractivity contribution in [1.82, 2.24) is 15.3 Å². The molecule has 2 heterocycles. The fraction of sp³-hybridized carbons (Fsp3) is 0.261. The lowest BCUT2D eigenvalue weighted by atomic mass is 9.90. The molecule has 1 fully saturated rings. The van der Waals surface area contributed by atoms with Crippen LogP contribution in [-0.4, -0.2) is 84.8 Å². The molecule has 0 spiro atoms. The second kappa shape index (κ2) is 21.0. The number of carbonyl (C=O) groups is 3. The number of aliphatic carboxylic acids is 1. The van der Waals surface area contributed by atoms with Crippen LogP contribution < -0.4 is 31.2 Å². The maximum Gasteiger partial charge on any atom is 0.490 e. The zero-order chi connectivity index (χ0) is 46.8. The third-order valence-electron chi connectivity index (χ3n) is 10.3. The monoisotopic (exact) mass is 915 g/mol. The van der Waals surface area contributed by atoms with Gasteiger partial charge in [0.1, 0.15) is 17.3 Å². The van der Waals surface area contributed by atoms with Crippen LogP contribution in [-0.2, 0) is 16.1 Å². The highest BCUT2D eigenvalue weighted by atomic mass is 35.5. The van der Waals surface area contributed by atoms with Gasteiger partial charge >= 0.3 is 18.1 Å². The van der Waals surface area contributed by atoms with Gasteiger partial charge in [0.25, 0.3) is 5.91 Å². The van der Waals surface area contributed by atoms with Crippen molar-refractivity contribution in [2.45, 2.75) is 50.5 Å². The number of aliphatic imine (C=N–C) groups is 1. The summed E-state index contributed by atoms with van der Waals surface area (Å²) < 4.78 is 63.1. The number of amides is 1. The summed E-state index contributed by atoms with van der Waals surface area (Å²) in [4.78, 5) is 48.8. The van der Waals surface area contributed by atoms with Gasteiger partial charge in [0.05, 0.1) is 62.5 Å². The molecule has 0 radical (unpaired) electrons. The topological polar surface area (TPSA) is 199 Å². The predicted octanol–water partition coefficient (Wildman–Crippen LogP) is 7.93. The SMILES string of the molecule is COC(=O)c1ccc(NC2CCC(NC(=O)c3ccc(Nc4ncc5c(n4)-c4ccc(Cl)cc4C(c4c(F)cccc4OC)=NC5)cc3OC)CC2)cc1C#CCN.O=C(O)C(F)(F)F. The van der Waals surface area contributed by atoms with Crippen molar-refractivity contribution >= 4 is 52.5 Å². The number of nitrogens with one attached hydrogen (secondary N) is 3. The van der Waals surface area contributed by atoms with E-state index in [2.05, 4.69) is 32.8 Å². The van der Waals surface area contributed by atoms with E-state index in [4.69, 9.17) is 51.4 Å². The first kappa shape index (κ1) is 47.3. The van der Waals surface area contributed by atoms with Crippen LogP contribution in [0.25, 0.3) is 11.3 Å². The van der Waals surface area contributed by atoms with Crippen LogP contribution in [0.4, 0.5) is 34.9 Å². The van der Waals surface area contributed by atoms with Crippen molar-refractivity contribution in [3.05, 3.63) is 123 Å². The van der Waals surface area contributed by atoms with E-state index in [1.165, 1.54) is 27.4 Å². The van der Waals surface area contributed by atoms with Crippen molar-refractivity contribution < 1.29 is 51.3 Å². The van der Waals surface area contributed by atoms with Crippen LogP contribution in [0.15, 0.2) is 84.0 Å². The number of hydrogen-bond acceptors (Lipinski definition) is 12. The Balaban J connectivity index is 0.000000925. The Morgan fingerprint density at radius 1 is 0.892 bits per heavy atom. The van der Waals surface area contributed by atoms with Gasteiger partial charge in [-0.2, -0.15) is 13.2 Å². The number of nitrogens with zero attached hydrogens (tertiary/aromatic N) is 3. The number of rotatable bonds is 10. The van der Waals surface area contributed by atoms with Gasteiger partial charge < -0.3 is 41.0 Å². The molecule has 65 heavy (non-hydrogen) atoms. The lowest BCUT2D eigenvalue weighted by Crippen LogP contribution is -2.40. The molecule has 0 saturated heterocycles. The number of anilines is 3. The van der Waals surface area contributed by atoms with E-state index in [1.54, 1.807) is 54.7 Å². The van der Waals surface area contributed by atoms with Gasteiger partial charge in [-0.05, 0) is 80.3 Å². The van der Waals surface area contributed by atoms with Gasteiger partial charge in [0, 0.05) is 63.0 Å². The molecule has 1 amide bonds. The summed E-state index contributed by atoms with van der Waals surface area (Å²) in [5, 5.41) is 17.5. The lowest BCUT2D eigenvalue weighted by molar-refractivity contribution is -0.192.